The van der Waals surface area contributed by atoms with Crippen molar-refractivity contribution in [1.29, 1.82) is 0 Å². The van der Waals surface area contributed by atoms with Gasteiger partial charge in [-0.2, -0.15) is 0 Å². The van der Waals surface area contributed by atoms with Crippen LogP contribution < -0.4 is 5.73 Å². The molecule has 4 rings (SSSR count). The predicted molar refractivity (Wildman–Crippen MR) is 115 cm³/mol. The number of rotatable bonds is 4. The molecule has 3 heterocycles. The Labute approximate surface area is 159 Å². The highest BCUT2D eigenvalue weighted by atomic mass is 32.1. The van der Waals surface area contributed by atoms with E-state index in [0.717, 1.165) is 11.3 Å². The van der Waals surface area contributed by atoms with Crippen LogP contribution in [-0.4, -0.2) is 0 Å². The van der Waals surface area contributed by atoms with Crippen LogP contribution in [0.2, 0.25) is 0 Å². The molecule has 0 aliphatic heterocycles. The fourth-order valence-electron chi connectivity index (χ4n) is 2.66. The van der Waals surface area contributed by atoms with Crippen LogP contribution in [0.3, 0.4) is 0 Å². The highest BCUT2D eigenvalue weighted by Crippen LogP contribution is 2.42. The Morgan fingerprint density at radius 1 is 0.840 bits per heavy atom. The molecule has 4 heteroatoms. The Hall–Kier alpha value is -2.14. The molecule has 0 bridgehead atoms. The van der Waals surface area contributed by atoms with Crippen LogP contribution in [0.5, 0.6) is 0 Å². The molecule has 0 amide bonds. The maximum absolute atomic E-state index is 5.92. The van der Waals surface area contributed by atoms with Crippen LogP contribution in [0.1, 0.15) is 16.7 Å². The van der Waals surface area contributed by atoms with Crippen molar-refractivity contribution in [1.82, 2.24) is 0 Å². The van der Waals surface area contributed by atoms with Gasteiger partial charge in [0.25, 0.3) is 0 Å². The molecule has 0 saturated heterocycles. The molecule has 0 aliphatic carbocycles. The third-order valence-corrected chi connectivity index (χ3v) is 7.29. The maximum Gasteiger partial charge on any atom is 0.0521 e. The van der Waals surface area contributed by atoms with Crippen LogP contribution in [0.15, 0.2) is 59.3 Å². The summed E-state index contributed by atoms with van der Waals surface area (Å²) in [6.07, 6.45) is 4.39. The molecular weight excluding hydrogens is 362 g/mol. The van der Waals surface area contributed by atoms with Gasteiger partial charge in [-0.05, 0) is 64.7 Å². The number of hydrogen-bond donors (Lipinski definition) is 1. The zero-order chi connectivity index (χ0) is 17.2. The van der Waals surface area contributed by atoms with E-state index in [2.05, 4.69) is 65.4 Å². The lowest BCUT2D eigenvalue weighted by molar-refractivity contribution is 1.46. The van der Waals surface area contributed by atoms with Gasteiger partial charge in [0.2, 0.25) is 0 Å². The van der Waals surface area contributed by atoms with Crippen molar-refractivity contribution in [2.24, 2.45) is 0 Å². The first-order valence-electron chi connectivity index (χ1n) is 7.96. The average molecular weight is 380 g/mol. The second-order valence-corrected chi connectivity index (χ2v) is 8.75. The first kappa shape index (κ1) is 16.3. The fraction of sp³-hybridized carbons (Fsp3) is 0.0476. The predicted octanol–water partition coefficient (Wildman–Crippen LogP) is 7.27. The van der Waals surface area contributed by atoms with Gasteiger partial charge in [0.1, 0.15) is 0 Å². The summed E-state index contributed by atoms with van der Waals surface area (Å²) in [5.74, 6) is 0. The normalized spacial score (nSPS) is 11.4. The van der Waals surface area contributed by atoms with E-state index in [4.69, 9.17) is 5.73 Å². The largest absolute Gasteiger partial charge is 0.399 e. The minimum Gasteiger partial charge on any atom is -0.399 e. The smallest absolute Gasteiger partial charge is 0.0521 e. The average Bonchev–Trinajstić information content (AvgIpc) is 3.36. The van der Waals surface area contributed by atoms with Gasteiger partial charge < -0.3 is 5.73 Å². The monoisotopic (exact) mass is 379 g/mol. The van der Waals surface area contributed by atoms with Crippen molar-refractivity contribution in [2.45, 2.75) is 6.92 Å². The summed E-state index contributed by atoms with van der Waals surface area (Å²) in [6, 6.07) is 17.1. The van der Waals surface area contributed by atoms with Crippen LogP contribution in [-0.2, 0) is 0 Å². The summed E-state index contributed by atoms with van der Waals surface area (Å²) < 4.78 is 0. The molecule has 0 aliphatic rings. The molecule has 0 spiro atoms. The quantitative estimate of drug-likeness (QED) is 0.371. The van der Waals surface area contributed by atoms with E-state index in [1.54, 1.807) is 22.7 Å². The van der Waals surface area contributed by atoms with Crippen LogP contribution in [0.25, 0.3) is 31.7 Å². The Morgan fingerprint density at radius 2 is 1.60 bits per heavy atom. The third-order valence-electron chi connectivity index (χ3n) is 4.02. The standard InChI is InChI=1S/C21H17NS3/c1-14-12-15(7-9-17(14)22)6-8-16-13-20(18-4-2-10-23-18)25-21(16)19-5-3-11-24-19/h2-13H,22H2,1H3/b8-6+. The van der Waals surface area contributed by atoms with Gasteiger partial charge in [-0.1, -0.05) is 30.4 Å². The summed E-state index contributed by atoms with van der Waals surface area (Å²) in [6.45, 7) is 2.04. The molecule has 1 aromatic carbocycles. The number of nitrogens with two attached hydrogens (primary N) is 1. The van der Waals surface area contributed by atoms with Crippen LogP contribution in [0.4, 0.5) is 5.69 Å². The van der Waals surface area contributed by atoms with Crippen molar-refractivity contribution in [2.75, 3.05) is 5.73 Å². The summed E-state index contributed by atoms with van der Waals surface area (Å²) >= 11 is 5.44. The Kier molecular flexibility index (Phi) is 4.57. The highest BCUT2D eigenvalue weighted by Gasteiger charge is 2.12. The minimum absolute atomic E-state index is 0.840. The van der Waals surface area contributed by atoms with E-state index in [1.165, 1.54) is 30.6 Å². The summed E-state index contributed by atoms with van der Waals surface area (Å²) in [5, 5.41) is 4.27. The van der Waals surface area contributed by atoms with Gasteiger partial charge in [-0.3, -0.25) is 0 Å². The van der Waals surface area contributed by atoms with Gasteiger partial charge in [0.05, 0.1) is 4.88 Å². The topological polar surface area (TPSA) is 26.0 Å². The molecular formula is C21H17NS3. The van der Waals surface area contributed by atoms with Gasteiger partial charge in [-0.15, -0.1) is 34.0 Å². The number of thiophene rings is 3. The highest BCUT2D eigenvalue weighted by molar-refractivity contribution is 7.26. The maximum atomic E-state index is 5.92. The Balaban J connectivity index is 1.74. The summed E-state index contributed by atoms with van der Waals surface area (Å²) in [4.78, 5) is 5.31. The molecule has 1 nitrogen and oxygen atoms in total. The zero-order valence-electron chi connectivity index (χ0n) is 13.7. The van der Waals surface area contributed by atoms with Crippen LogP contribution in [0, 0.1) is 6.92 Å². The van der Waals surface area contributed by atoms with Crippen molar-refractivity contribution in [3.05, 3.63) is 76.0 Å². The fourth-order valence-corrected chi connectivity index (χ4v) is 5.51. The number of nitrogen functional groups attached to an aromatic ring is 1. The molecule has 25 heavy (non-hydrogen) atoms. The van der Waals surface area contributed by atoms with E-state index < -0.39 is 0 Å². The van der Waals surface area contributed by atoms with Crippen molar-refractivity contribution < 1.29 is 0 Å². The molecule has 124 valence electrons. The van der Waals surface area contributed by atoms with Crippen molar-refractivity contribution >= 4 is 51.8 Å². The second-order valence-electron chi connectivity index (χ2n) is 5.80. The molecule has 2 N–H and O–H groups in total. The molecule has 0 unspecified atom stereocenters. The van der Waals surface area contributed by atoms with E-state index >= 15 is 0 Å². The Morgan fingerprint density at radius 3 is 2.28 bits per heavy atom. The summed E-state index contributed by atoms with van der Waals surface area (Å²) in [5.41, 5.74) is 10.3. The molecule has 3 aromatic heterocycles. The lowest BCUT2D eigenvalue weighted by atomic mass is 10.1. The van der Waals surface area contributed by atoms with Gasteiger partial charge in [-0.25, -0.2) is 0 Å². The Bertz CT molecular complexity index is 1010. The van der Waals surface area contributed by atoms with Crippen LogP contribution >= 0.6 is 34.0 Å². The zero-order valence-corrected chi connectivity index (χ0v) is 16.2. The van der Waals surface area contributed by atoms with E-state index in [9.17, 15) is 0 Å². The van der Waals surface area contributed by atoms with Gasteiger partial charge in [0.15, 0.2) is 0 Å². The number of anilines is 1. The number of hydrogen-bond acceptors (Lipinski definition) is 4. The molecule has 0 atom stereocenters. The first-order valence-corrected chi connectivity index (χ1v) is 10.5. The second kappa shape index (κ2) is 7.00. The van der Waals surface area contributed by atoms with E-state index in [0.29, 0.717) is 0 Å². The number of benzene rings is 1. The minimum atomic E-state index is 0.840. The SMILES string of the molecule is Cc1cc(/C=C/c2cc(-c3cccs3)sc2-c2cccs2)ccc1N. The molecule has 0 radical (unpaired) electrons. The lowest BCUT2D eigenvalue weighted by Crippen LogP contribution is -1.88. The molecule has 0 fully saturated rings. The molecule has 0 saturated carbocycles. The third kappa shape index (κ3) is 3.47. The van der Waals surface area contributed by atoms with Gasteiger partial charge in [0, 0.05) is 20.3 Å². The number of aryl methyl sites for hydroxylation is 1. The molecule has 4 aromatic rings. The van der Waals surface area contributed by atoms with Gasteiger partial charge >= 0.3 is 0 Å². The summed E-state index contributed by atoms with van der Waals surface area (Å²) in [7, 11) is 0. The lowest BCUT2D eigenvalue weighted by Gasteiger charge is -2.01. The van der Waals surface area contributed by atoms with E-state index in [1.807, 2.05) is 24.3 Å². The van der Waals surface area contributed by atoms with E-state index in [-0.39, 0.29) is 0 Å². The first-order chi connectivity index (χ1) is 12.2. The van der Waals surface area contributed by atoms with Crippen molar-refractivity contribution in [3.63, 3.8) is 0 Å². The van der Waals surface area contributed by atoms with Crippen molar-refractivity contribution in [3.8, 4) is 19.5 Å².